The van der Waals surface area contributed by atoms with Crippen LogP contribution in [0.2, 0.25) is 20.6 Å². The van der Waals surface area contributed by atoms with Crippen LogP contribution in [0.3, 0.4) is 0 Å². The normalized spacial score (nSPS) is 10.8. The molecule has 0 aliphatic rings. The number of pyridine rings is 3. The number of carboxylic acid groups (broad SMARTS) is 1. The Bertz CT molecular complexity index is 1400. The molecule has 4 N–H and O–H groups in total. The molecule has 0 aliphatic heterocycles. The first-order valence-electron chi connectivity index (χ1n) is 8.29. The lowest BCUT2D eigenvalue weighted by molar-refractivity contribution is 0.0695. The first-order chi connectivity index (χ1) is 15.7. The number of halogens is 6. The summed E-state index contributed by atoms with van der Waals surface area (Å²) in [6, 6.07) is 5.25. The van der Waals surface area contributed by atoms with Crippen molar-refractivity contribution in [3.05, 3.63) is 73.7 Å². The molecule has 182 valence electrons. The second-order valence-corrected chi connectivity index (χ2v) is 8.90. The van der Waals surface area contributed by atoms with Crippen molar-refractivity contribution < 1.29 is 33.3 Å². The molecule has 1 amide bonds. The summed E-state index contributed by atoms with van der Waals surface area (Å²) < 4.78 is 51.6. The van der Waals surface area contributed by atoms with Gasteiger partial charge in [-0.3, -0.25) is 4.79 Å². The van der Waals surface area contributed by atoms with Gasteiger partial charge in [0.15, 0.2) is 27.0 Å². The van der Waals surface area contributed by atoms with Gasteiger partial charge in [-0.05, 0) is 24.3 Å². The van der Waals surface area contributed by atoms with E-state index < -0.39 is 65.1 Å². The van der Waals surface area contributed by atoms with E-state index in [4.69, 9.17) is 57.2 Å². The van der Waals surface area contributed by atoms with Crippen LogP contribution < -0.4 is 10.5 Å². The van der Waals surface area contributed by atoms with Gasteiger partial charge in [-0.15, -0.1) is 0 Å². The quantitative estimate of drug-likeness (QED) is 0.387. The highest BCUT2D eigenvalue weighted by atomic mass is 35.5. The smallest absolute Gasteiger partial charge is 0.338 e. The van der Waals surface area contributed by atoms with Crippen LogP contribution in [0, 0.1) is 11.6 Å². The number of aromatic carboxylic acids is 1. The Morgan fingerprint density at radius 3 is 1.91 bits per heavy atom. The van der Waals surface area contributed by atoms with Crippen molar-refractivity contribution in [2.75, 3.05) is 5.73 Å². The number of carbonyl (C=O) groups is 2. The van der Waals surface area contributed by atoms with Gasteiger partial charge < -0.3 is 10.8 Å². The van der Waals surface area contributed by atoms with Crippen molar-refractivity contribution in [1.29, 1.82) is 0 Å². The van der Waals surface area contributed by atoms with Gasteiger partial charge in [0.2, 0.25) is 0 Å². The fourth-order valence-corrected chi connectivity index (χ4v) is 3.76. The summed E-state index contributed by atoms with van der Waals surface area (Å²) in [7, 11) is -4.30. The van der Waals surface area contributed by atoms with Gasteiger partial charge in [-0.1, -0.05) is 52.5 Å². The highest BCUT2D eigenvalue weighted by Gasteiger charge is 2.23. The van der Waals surface area contributed by atoms with Gasteiger partial charge in [-0.2, -0.15) is 8.42 Å². The number of anilines is 1. The van der Waals surface area contributed by atoms with Crippen molar-refractivity contribution in [3.63, 3.8) is 0 Å². The number of amides is 1. The lowest BCUT2D eigenvalue weighted by Crippen LogP contribution is -2.31. The second kappa shape index (κ2) is 11.1. The average Bonchev–Trinajstić information content (AvgIpc) is 2.73. The summed E-state index contributed by atoms with van der Waals surface area (Å²) in [5, 5.41) is 6.22. The molecular formula is C17H11Cl4F2N5O5S. The van der Waals surface area contributed by atoms with E-state index in [2.05, 4.69) is 15.0 Å². The Morgan fingerprint density at radius 1 is 0.912 bits per heavy atom. The molecule has 0 aliphatic carbocycles. The highest BCUT2D eigenvalue weighted by molar-refractivity contribution is 7.90. The molecule has 0 fully saturated rings. The molecule has 0 radical (unpaired) electrons. The Hall–Kier alpha value is -2.84. The molecule has 0 saturated heterocycles. The van der Waals surface area contributed by atoms with E-state index >= 15 is 0 Å². The fourth-order valence-electron chi connectivity index (χ4n) is 2.01. The predicted octanol–water partition coefficient (Wildman–Crippen LogP) is 4.10. The van der Waals surface area contributed by atoms with Crippen molar-refractivity contribution in [1.82, 2.24) is 19.7 Å². The van der Waals surface area contributed by atoms with E-state index in [1.807, 2.05) is 0 Å². The van der Waals surface area contributed by atoms with E-state index in [0.717, 1.165) is 12.1 Å². The van der Waals surface area contributed by atoms with Gasteiger partial charge >= 0.3 is 5.97 Å². The van der Waals surface area contributed by atoms with Crippen LogP contribution in [0.5, 0.6) is 0 Å². The van der Waals surface area contributed by atoms with Crippen LogP contribution in [0.25, 0.3) is 0 Å². The number of aromatic nitrogens is 3. The molecule has 3 aromatic rings. The number of carbonyl (C=O) groups excluding carboxylic acids is 1. The number of hydrogen-bond acceptors (Lipinski definition) is 8. The third-order valence-corrected chi connectivity index (χ3v) is 5.83. The van der Waals surface area contributed by atoms with Crippen LogP contribution in [0.15, 0.2) is 35.4 Å². The number of nitrogens with two attached hydrogens (primary N) is 1. The van der Waals surface area contributed by atoms with Crippen LogP contribution >= 0.6 is 46.4 Å². The van der Waals surface area contributed by atoms with Crippen LogP contribution in [0.1, 0.15) is 22.1 Å². The molecule has 0 aromatic carbocycles. The third kappa shape index (κ3) is 6.84. The van der Waals surface area contributed by atoms with Gasteiger partial charge in [-0.25, -0.2) is 33.2 Å². The summed E-state index contributed by atoms with van der Waals surface area (Å²) in [6.45, 7) is 0. The molecule has 3 heterocycles. The summed E-state index contributed by atoms with van der Waals surface area (Å²) in [4.78, 5) is 32.5. The summed E-state index contributed by atoms with van der Waals surface area (Å²) >= 11 is 21.6. The van der Waals surface area contributed by atoms with Crippen molar-refractivity contribution in [3.8, 4) is 0 Å². The molecule has 0 spiro atoms. The average molecular weight is 577 g/mol. The first-order valence-corrected chi connectivity index (χ1v) is 11.3. The second-order valence-electron chi connectivity index (χ2n) is 5.84. The Labute approximate surface area is 211 Å². The van der Waals surface area contributed by atoms with E-state index in [1.54, 1.807) is 4.72 Å². The molecule has 10 nitrogen and oxygen atoms in total. The van der Waals surface area contributed by atoms with Crippen LogP contribution in [-0.4, -0.2) is 40.4 Å². The molecule has 0 unspecified atom stereocenters. The minimum absolute atomic E-state index is 0. The molecule has 0 atom stereocenters. The number of nitrogen functional groups attached to an aromatic ring is 1. The number of sulfonamides is 1. The highest BCUT2D eigenvalue weighted by Crippen LogP contribution is 2.21. The van der Waals surface area contributed by atoms with E-state index in [1.165, 1.54) is 12.1 Å². The van der Waals surface area contributed by atoms with Crippen molar-refractivity contribution in [2.24, 2.45) is 0 Å². The minimum Gasteiger partial charge on any atom is -0.478 e. The van der Waals surface area contributed by atoms with E-state index in [9.17, 15) is 26.8 Å². The van der Waals surface area contributed by atoms with Gasteiger partial charge in [0.25, 0.3) is 15.9 Å². The molecule has 34 heavy (non-hydrogen) atoms. The third-order valence-electron chi connectivity index (χ3n) is 3.50. The molecule has 3 rings (SSSR count). The Morgan fingerprint density at radius 2 is 1.41 bits per heavy atom. The standard InChI is InChI=1S/C11H7Cl2FN4O3S.C6H2Cl2FNO2.H2/c12-9-5(4-6(14)10(13)17-9)11(19)18-22(20,21)8-3-1-2-7(15)16-8;7-4-2(6(11)12)1-3(9)5(8)10-4;/h1-4H,(H2,15,16)(H,18,19);1H,(H,11,12);1H. The lowest BCUT2D eigenvalue weighted by atomic mass is 10.3. The van der Waals surface area contributed by atoms with Gasteiger partial charge in [0, 0.05) is 1.43 Å². The maximum atomic E-state index is 13.3. The number of carboxylic acids is 1. The lowest BCUT2D eigenvalue weighted by Gasteiger charge is -2.08. The van der Waals surface area contributed by atoms with Crippen LogP contribution in [-0.2, 0) is 10.0 Å². The minimum atomic E-state index is -4.30. The number of nitrogens with zero attached hydrogens (tertiary/aromatic N) is 3. The molecule has 17 heteroatoms. The van der Waals surface area contributed by atoms with Crippen molar-refractivity contribution in [2.45, 2.75) is 5.03 Å². The molecule has 3 aromatic heterocycles. The Kier molecular flexibility index (Phi) is 8.91. The number of hydrogen-bond donors (Lipinski definition) is 3. The molecule has 0 saturated carbocycles. The maximum Gasteiger partial charge on any atom is 0.338 e. The maximum absolute atomic E-state index is 13.3. The van der Waals surface area contributed by atoms with E-state index in [-0.39, 0.29) is 12.4 Å². The molecular weight excluding hydrogens is 566 g/mol. The predicted molar refractivity (Wildman–Crippen MR) is 121 cm³/mol. The summed E-state index contributed by atoms with van der Waals surface area (Å²) in [6.07, 6.45) is 0. The SMILES string of the molecule is Nc1cccc(S(=O)(=O)NC(=O)c2cc(F)c(Cl)nc2Cl)n1.O=C(O)c1cc(F)c(Cl)nc1Cl.[HH]. The number of nitrogens with one attached hydrogen (secondary N) is 1. The zero-order chi connectivity index (χ0) is 25.8. The van der Waals surface area contributed by atoms with E-state index in [0.29, 0.717) is 6.07 Å². The topological polar surface area (TPSA) is 165 Å². The zero-order valence-corrected chi connectivity index (χ0v) is 19.9. The Balaban J connectivity index is 0.000000401. The van der Waals surface area contributed by atoms with Crippen molar-refractivity contribution >= 4 is 74.1 Å². The number of rotatable bonds is 4. The monoisotopic (exact) mass is 575 g/mol. The molecule has 0 bridgehead atoms. The van der Waals surface area contributed by atoms with Crippen LogP contribution in [0.4, 0.5) is 14.6 Å². The fraction of sp³-hybridized carbons (Fsp3) is 0. The summed E-state index contributed by atoms with van der Waals surface area (Å²) in [5.41, 5.74) is 4.48. The zero-order valence-electron chi connectivity index (χ0n) is 16.1. The summed E-state index contributed by atoms with van der Waals surface area (Å²) in [5.74, 6) is -4.50. The largest absolute Gasteiger partial charge is 0.478 e. The van der Waals surface area contributed by atoms with Gasteiger partial charge in [0.1, 0.15) is 16.1 Å². The first kappa shape index (κ1) is 27.4. The van der Waals surface area contributed by atoms with Gasteiger partial charge in [0.05, 0.1) is 11.1 Å².